The molecule has 106 valence electrons. The Morgan fingerprint density at radius 3 is 2.86 bits per heavy atom. The van der Waals surface area contributed by atoms with Gasteiger partial charge in [-0.05, 0) is 25.5 Å². The third-order valence-electron chi connectivity index (χ3n) is 3.11. The number of carbonyl (C=O) groups is 1. The van der Waals surface area contributed by atoms with Crippen molar-refractivity contribution in [2.24, 2.45) is 0 Å². The average Bonchev–Trinajstić information content (AvgIpc) is 3.09. The summed E-state index contributed by atoms with van der Waals surface area (Å²) in [6.07, 6.45) is 4.71. The lowest BCUT2D eigenvalue weighted by atomic mass is 10.1. The smallest absolute Gasteiger partial charge is 0.277 e. The highest BCUT2D eigenvalue weighted by Gasteiger charge is 2.11. The molecule has 3 aromatic rings. The Hall–Kier alpha value is -2.89. The van der Waals surface area contributed by atoms with Crippen molar-refractivity contribution in [2.75, 3.05) is 5.32 Å². The van der Waals surface area contributed by atoms with Crippen molar-refractivity contribution >= 4 is 11.6 Å². The molecule has 2 heterocycles. The van der Waals surface area contributed by atoms with Gasteiger partial charge in [0, 0.05) is 6.07 Å². The lowest BCUT2D eigenvalue weighted by Crippen LogP contribution is -2.11. The Morgan fingerprint density at radius 1 is 1.29 bits per heavy atom. The van der Waals surface area contributed by atoms with Crippen molar-refractivity contribution in [3.63, 3.8) is 0 Å². The number of anilines is 1. The molecule has 1 aromatic carbocycles. The van der Waals surface area contributed by atoms with Gasteiger partial charge in [0.2, 0.25) is 0 Å². The van der Waals surface area contributed by atoms with E-state index in [1.54, 1.807) is 17.1 Å². The van der Waals surface area contributed by atoms with Crippen LogP contribution in [0.25, 0.3) is 5.69 Å². The third kappa shape index (κ3) is 2.69. The Balaban J connectivity index is 1.82. The molecule has 0 aliphatic heterocycles. The molecule has 3 rings (SSSR count). The molecule has 1 N–H and O–H groups in total. The molecule has 6 heteroatoms. The van der Waals surface area contributed by atoms with Gasteiger partial charge in [-0.3, -0.25) is 4.79 Å². The van der Waals surface area contributed by atoms with E-state index in [1.807, 2.05) is 26.0 Å². The number of aryl methyl sites for hydroxylation is 2. The summed E-state index contributed by atoms with van der Waals surface area (Å²) in [4.78, 5) is 11.9. The predicted octanol–water partition coefficient (Wildman–Crippen LogP) is 2.73. The zero-order valence-corrected chi connectivity index (χ0v) is 11.7. The first-order valence-corrected chi connectivity index (χ1v) is 6.47. The van der Waals surface area contributed by atoms with E-state index >= 15 is 0 Å². The summed E-state index contributed by atoms with van der Waals surface area (Å²) in [7, 11) is 0. The topological polar surface area (TPSA) is 73.0 Å². The molecule has 0 spiro atoms. The van der Waals surface area contributed by atoms with Crippen LogP contribution in [0.15, 0.2) is 47.4 Å². The normalized spacial score (nSPS) is 10.6. The molecule has 0 radical (unpaired) electrons. The third-order valence-corrected chi connectivity index (χ3v) is 3.11. The molecule has 0 fully saturated rings. The van der Waals surface area contributed by atoms with E-state index in [1.165, 1.54) is 17.9 Å². The first-order valence-electron chi connectivity index (χ1n) is 6.47. The number of carbonyl (C=O) groups excluding carboxylic acids is 1. The van der Waals surface area contributed by atoms with Crippen molar-refractivity contribution in [1.29, 1.82) is 0 Å². The van der Waals surface area contributed by atoms with Crippen molar-refractivity contribution in [1.82, 2.24) is 14.9 Å². The van der Waals surface area contributed by atoms with E-state index in [0.29, 0.717) is 5.69 Å². The molecule has 0 saturated heterocycles. The first-order chi connectivity index (χ1) is 10.1. The fourth-order valence-corrected chi connectivity index (χ4v) is 2.11. The Kier molecular flexibility index (Phi) is 3.27. The maximum atomic E-state index is 11.9. The lowest BCUT2D eigenvalue weighted by Gasteiger charge is -2.06. The molecule has 21 heavy (non-hydrogen) atoms. The summed E-state index contributed by atoms with van der Waals surface area (Å²) in [5, 5.41) is 10.6. The summed E-state index contributed by atoms with van der Waals surface area (Å²) < 4.78 is 6.37. The van der Waals surface area contributed by atoms with Crippen LogP contribution in [0.5, 0.6) is 0 Å². The largest absolute Gasteiger partial charge is 0.364 e. The van der Waals surface area contributed by atoms with Crippen molar-refractivity contribution in [3.8, 4) is 5.69 Å². The van der Waals surface area contributed by atoms with Crippen LogP contribution < -0.4 is 5.32 Å². The average molecular weight is 282 g/mol. The lowest BCUT2D eigenvalue weighted by molar-refractivity contribution is 0.101. The van der Waals surface area contributed by atoms with Gasteiger partial charge >= 0.3 is 0 Å². The second-order valence-corrected chi connectivity index (χ2v) is 4.80. The summed E-state index contributed by atoms with van der Waals surface area (Å²) in [6, 6.07) is 7.62. The highest BCUT2D eigenvalue weighted by molar-refractivity contribution is 6.02. The Bertz CT molecular complexity index is 775. The van der Waals surface area contributed by atoms with Gasteiger partial charge in [0.15, 0.2) is 5.69 Å². The molecule has 0 saturated carbocycles. The van der Waals surface area contributed by atoms with Gasteiger partial charge in [-0.1, -0.05) is 22.9 Å². The first kappa shape index (κ1) is 13.1. The van der Waals surface area contributed by atoms with Crippen molar-refractivity contribution in [3.05, 3.63) is 59.7 Å². The number of hydrogen-bond acceptors (Lipinski definition) is 4. The quantitative estimate of drug-likeness (QED) is 0.801. The molecular formula is C15H14N4O2. The fraction of sp³-hybridized carbons (Fsp3) is 0.133. The van der Waals surface area contributed by atoms with E-state index in [4.69, 9.17) is 0 Å². The minimum absolute atomic E-state index is 0.231. The maximum absolute atomic E-state index is 11.9. The number of benzene rings is 1. The van der Waals surface area contributed by atoms with Gasteiger partial charge in [0.25, 0.3) is 5.91 Å². The number of rotatable bonds is 3. The highest BCUT2D eigenvalue weighted by Crippen LogP contribution is 2.17. The number of aromatic nitrogens is 3. The number of amides is 1. The number of nitrogens with one attached hydrogen (secondary N) is 1. The minimum atomic E-state index is -0.330. The van der Waals surface area contributed by atoms with E-state index in [-0.39, 0.29) is 11.6 Å². The molecule has 2 aromatic heterocycles. The van der Waals surface area contributed by atoms with Crippen LogP contribution in [0.3, 0.4) is 0 Å². The van der Waals surface area contributed by atoms with Gasteiger partial charge in [0.05, 0.1) is 23.8 Å². The summed E-state index contributed by atoms with van der Waals surface area (Å²) in [6.45, 7) is 4.07. The predicted molar refractivity (Wildman–Crippen MR) is 77.5 cm³/mol. The Labute approximate surface area is 121 Å². The SMILES string of the molecule is Cc1ccc(-n2cc(NC(=O)c3ccon3)cn2)c(C)c1. The van der Waals surface area contributed by atoms with Crippen LogP contribution in [0.1, 0.15) is 21.6 Å². The van der Waals surface area contributed by atoms with Gasteiger partial charge in [-0.15, -0.1) is 0 Å². The summed E-state index contributed by atoms with van der Waals surface area (Å²) in [5.41, 5.74) is 4.12. The maximum Gasteiger partial charge on any atom is 0.277 e. The van der Waals surface area contributed by atoms with Gasteiger partial charge in [-0.2, -0.15) is 5.10 Å². The van der Waals surface area contributed by atoms with Crippen LogP contribution in [0.4, 0.5) is 5.69 Å². The second-order valence-electron chi connectivity index (χ2n) is 4.80. The highest BCUT2D eigenvalue weighted by atomic mass is 16.5. The molecule has 0 atom stereocenters. The monoisotopic (exact) mass is 282 g/mol. The van der Waals surface area contributed by atoms with E-state index in [0.717, 1.165) is 11.3 Å². The van der Waals surface area contributed by atoms with Crippen LogP contribution in [-0.4, -0.2) is 20.8 Å². The molecule has 1 amide bonds. The van der Waals surface area contributed by atoms with Gasteiger partial charge < -0.3 is 9.84 Å². The van der Waals surface area contributed by atoms with E-state index < -0.39 is 0 Å². The summed E-state index contributed by atoms with van der Waals surface area (Å²) >= 11 is 0. The number of hydrogen-bond donors (Lipinski definition) is 1. The molecule has 6 nitrogen and oxygen atoms in total. The van der Waals surface area contributed by atoms with E-state index in [9.17, 15) is 4.79 Å². The van der Waals surface area contributed by atoms with Gasteiger partial charge in [-0.25, -0.2) is 4.68 Å². The fourth-order valence-electron chi connectivity index (χ4n) is 2.11. The van der Waals surface area contributed by atoms with Crippen LogP contribution in [0, 0.1) is 13.8 Å². The molecule has 0 aliphatic carbocycles. The zero-order chi connectivity index (χ0) is 14.8. The van der Waals surface area contributed by atoms with E-state index in [2.05, 4.69) is 26.2 Å². The second kappa shape index (κ2) is 5.24. The molecule has 0 unspecified atom stereocenters. The zero-order valence-electron chi connectivity index (χ0n) is 11.7. The van der Waals surface area contributed by atoms with Crippen LogP contribution >= 0.6 is 0 Å². The standard InChI is InChI=1S/C15H14N4O2/c1-10-3-4-14(11(2)7-10)19-9-12(8-16-19)17-15(20)13-5-6-21-18-13/h3-9H,1-2H3,(H,17,20). The molecule has 0 bridgehead atoms. The molecular weight excluding hydrogens is 268 g/mol. The summed E-state index contributed by atoms with van der Waals surface area (Å²) in [5.74, 6) is -0.330. The number of nitrogens with zero attached hydrogens (tertiary/aromatic N) is 3. The minimum Gasteiger partial charge on any atom is -0.364 e. The Morgan fingerprint density at radius 2 is 2.14 bits per heavy atom. The van der Waals surface area contributed by atoms with Crippen LogP contribution in [-0.2, 0) is 0 Å². The molecule has 0 aliphatic rings. The van der Waals surface area contributed by atoms with Gasteiger partial charge in [0.1, 0.15) is 6.26 Å². The van der Waals surface area contributed by atoms with Crippen LogP contribution in [0.2, 0.25) is 0 Å². The van der Waals surface area contributed by atoms with Crippen molar-refractivity contribution in [2.45, 2.75) is 13.8 Å². The van der Waals surface area contributed by atoms with Crippen molar-refractivity contribution < 1.29 is 9.32 Å².